The Labute approximate surface area is 111 Å². The van der Waals surface area contributed by atoms with E-state index in [0.717, 1.165) is 10.8 Å². The van der Waals surface area contributed by atoms with E-state index in [4.69, 9.17) is 16.7 Å². The van der Waals surface area contributed by atoms with Crippen LogP contribution in [0, 0.1) is 6.92 Å². The van der Waals surface area contributed by atoms with Gasteiger partial charge in [-0.1, -0.05) is 17.7 Å². The Morgan fingerprint density at radius 3 is 2.68 bits per heavy atom. The van der Waals surface area contributed by atoms with E-state index >= 15 is 0 Å². The first-order valence-corrected chi connectivity index (χ1v) is 5.65. The molecule has 2 rings (SSSR count). The first-order chi connectivity index (χ1) is 8.93. The number of aromatic nitrogens is 2. The van der Waals surface area contributed by atoms with Crippen LogP contribution in [0.1, 0.15) is 15.9 Å². The fourth-order valence-corrected chi connectivity index (χ4v) is 1.85. The van der Waals surface area contributed by atoms with Gasteiger partial charge in [-0.15, -0.1) is 0 Å². The van der Waals surface area contributed by atoms with Crippen molar-refractivity contribution >= 4 is 17.6 Å². The van der Waals surface area contributed by atoms with Crippen LogP contribution < -0.4 is 11.2 Å². The van der Waals surface area contributed by atoms with E-state index in [1.165, 1.54) is 6.07 Å². The highest BCUT2D eigenvalue weighted by atomic mass is 35.5. The molecule has 1 aromatic carbocycles. The number of H-pyrrole nitrogens is 1. The molecule has 0 fully saturated rings. The summed E-state index contributed by atoms with van der Waals surface area (Å²) >= 11 is 5.93. The smallest absolute Gasteiger partial charge is 0.342 e. The molecule has 0 spiro atoms. The van der Waals surface area contributed by atoms with Crippen molar-refractivity contribution in [3.05, 3.63) is 61.4 Å². The van der Waals surface area contributed by atoms with E-state index in [1.807, 2.05) is 0 Å². The summed E-state index contributed by atoms with van der Waals surface area (Å²) in [6.45, 7) is 1.64. The fraction of sp³-hybridized carbons (Fsp3) is 0.0833. The molecule has 0 radical (unpaired) electrons. The van der Waals surface area contributed by atoms with E-state index in [9.17, 15) is 14.4 Å². The zero-order chi connectivity index (χ0) is 14.2. The van der Waals surface area contributed by atoms with E-state index in [-0.39, 0.29) is 5.69 Å². The third-order valence-corrected chi connectivity index (χ3v) is 3.10. The highest BCUT2D eigenvalue weighted by Gasteiger charge is 2.16. The molecule has 0 atom stereocenters. The van der Waals surface area contributed by atoms with E-state index in [2.05, 4.69) is 4.98 Å². The first-order valence-electron chi connectivity index (χ1n) is 5.27. The summed E-state index contributed by atoms with van der Waals surface area (Å²) in [5.41, 5.74) is -1.37. The third kappa shape index (κ3) is 2.17. The number of benzene rings is 1. The molecule has 19 heavy (non-hydrogen) atoms. The minimum absolute atomic E-state index is 0.252. The molecule has 7 heteroatoms. The molecular formula is C12H9ClN2O4. The Morgan fingerprint density at radius 2 is 2.05 bits per heavy atom. The molecule has 98 valence electrons. The maximum Gasteiger partial charge on any atom is 0.342 e. The third-order valence-electron chi connectivity index (χ3n) is 2.69. The molecule has 0 saturated carbocycles. The second-order valence-corrected chi connectivity index (χ2v) is 4.24. The molecule has 0 amide bonds. The highest BCUT2D eigenvalue weighted by molar-refractivity contribution is 6.31. The number of nitrogens with one attached hydrogen (secondary N) is 1. The number of carboxylic acid groups (broad SMARTS) is 1. The van der Waals surface area contributed by atoms with Gasteiger partial charge in [-0.05, 0) is 24.6 Å². The van der Waals surface area contributed by atoms with E-state index in [1.54, 1.807) is 19.1 Å². The Hall–Kier alpha value is -2.34. The molecule has 0 aliphatic heterocycles. The first kappa shape index (κ1) is 13.1. The van der Waals surface area contributed by atoms with Crippen LogP contribution in [-0.2, 0) is 0 Å². The minimum Gasteiger partial charge on any atom is -0.477 e. The Kier molecular flexibility index (Phi) is 3.26. The fourth-order valence-electron chi connectivity index (χ4n) is 1.68. The monoisotopic (exact) mass is 280 g/mol. The van der Waals surface area contributed by atoms with Gasteiger partial charge in [-0.3, -0.25) is 4.79 Å². The number of hydrogen-bond donors (Lipinski definition) is 2. The number of carboxylic acids is 1. The van der Waals surface area contributed by atoms with Gasteiger partial charge in [-0.2, -0.15) is 0 Å². The molecule has 0 saturated heterocycles. The topological polar surface area (TPSA) is 92.2 Å². The van der Waals surface area contributed by atoms with Gasteiger partial charge in [0, 0.05) is 11.2 Å². The lowest BCUT2D eigenvalue weighted by atomic mass is 10.2. The molecule has 1 aromatic heterocycles. The molecule has 0 aliphatic carbocycles. The van der Waals surface area contributed by atoms with Crippen molar-refractivity contribution in [1.82, 2.24) is 9.55 Å². The standard InChI is InChI=1S/C12H9ClN2O4/c1-6-8(13)3-2-4-9(6)15-10(16)7(11(17)18)5-14-12(15)19/h2-5H,1H3,(H,14,19)(H,17,18). The van der Waals surface area contributed by atoms with Crippen molar-refractivity contribution in [3.8, 4) is 5.69 Å². The quantitative estimate of drug-likeness (QED) is 0.864. The number of halogens is 1. The maximum atomic E-state index is 12.0. The lowest BCUT2D eigenvalue weighted by Crippen LogP contribution is -2.37. The second-order valence-electron chi connectivity index (χ2n) is 3.84. The number of aromatic amines is 1. The molecule has 6 nitrogen and oxygen atoms in total. The predicted molar refractivity (Wildman–Crippen MR) is 69.4 cm³/mol. The average molecular weight is 281 g/mol. The van der Waals surface area contributed by atoms with Gasteiger partial charge in [0.25, 0.3) is 5.56 Å². The molecular weight excluding hydrogens is 272 g/mol. The number of nitrogens with zero attached hydrogens (tertiary/aromatic N) is 1. The summed E-state index contributed by atoms with van der Waals surface area (Å²) < 4.78 is 0.755. The van der Waals surface area contributed by atoms with E-state index < -0.39 is 22.8 Å². The molecule has 2 aromatic rings. The van der Waals surface area contributed by atoms with Crippen LogP contribution in [0.5, 0.6) is 0 Å². The minimum atomic E-state index is -1.41. The van der Waals surface area contributed by atoms with Crippen LogP contribution in [0.3, 0.4) is 0 Å². The average Bonchev–Trinajstić information content (AvgIpc) is 2.34. The summed E-state index contributed by atoms with van der Waals surface area (Å²) in [6, 6.07) is 4.70. The summed E-state index contributed by atoms with van der Waals surface area (Å²) in [6.07, 6.45) is 0.878. The van der Waals surface area contributed by atoms with Gasteiger partial charge in [0.1, 0.15) is 5.56 Å². The van der Waals surface area contributed by atoms with Gasteiger partial charge in [0.15, 0.2) is 0 Å². The van der Waals surface area contributed by atoms with Crippen molar-refractivity contribution in [3.63, 3.8) is 0 Å². The van der Waals surface area contributed by atoms with Gasteiger partial charge in [-0.25, -0.2) is 14.2 Å². The van der Waals surface area contributed by atoms with Gasteiger partial charge in [0.05, 0.1) is 5.69 Å². The van der Waals surface area contributed by atoms with Gasteiger partial charge in [0.2, 0.25) is 0 Å². The van der Waals surface area contributed by atoms with Crippen LogP contribution in [0.4, 0.5) is 0 Å². The van der Waals surface area contributed by atoms with E-state index in [0.29, 0.717) is 10.6 Å². The lowest BCUT2D eigenvalue weighted by Gasteiger charge is -2.09. The van der Waals surface area contributed by atoms with Crippen molar-refractivity contribution in [1.29, 1.82) is 0 Å². The summed E-state index contributed by atoms with van der Waals surface area (Å²) in [5, 5.41) is 9.27. The summed E-state index contributed by atoms with van der Waals surface area (Å²) in [4.78, 5) is 36.9. The molecule has 1 heterocycles. The highest BCUT2D eigenvalue weighted by Crippen LogP contribution is 2.20. The number of aromatic carboxylic acids is 1. The Bertz CT molecular complexity index is 776. The van der Waals surface area contributed by atoms with Crippen molar-refractivity contribution in [2.75, 3.05) is 0 Å². The van der Waals surface area contributed by atoms with Crippen molar-refractivity contribution < 1.29 is 9.90 Å². The number of hydrogen-bond acceptors (Lipinski definition) is 3. The zero-order valence-corrected chi connectivity index (χ0v) is 10.6. The number of rotatable bonds is 2. The molecule has 0 unspecified atom stereocenters. The Morgan fingerprint density at radius 1 is 1.37 bits per heavy atom. The predicted octanol–water partition coefficient (Wildman–Crippen LogP) is 1.19. The molecule has 0 bridgehead atoms. The summed E-state index contributed by atoms with van der Waals surface area (Å²) in [5.74, 6) is -1.41. The normalized spacial score (nSPS) is 10.4. The maximum absolute atomic E-state index is 12.0. The van der Waals surface area contributed by atoms with Crippen LogP contribution in [0.2, 0.25) is 5.02 Å². The van der Waals surface area contributed by atoms with Gasteiger partial charge >= 0.3 is 11.7 Å². The van der Waals surface area contributed by atoms with Crippen LogP contribution >= 0.6 is 11.6 Å². The second kappa shape index (κ2) is 4.74. The lowest BCUT2D eigenvalue weighted by molar-refractivity contribution is 0.0694. The largest absolute Gasteiger partial charge is 0.477 e. The van der Waals surface area contributed by atoms with Crippen LogP contribution in [-0.4, -0.2) is 20.6 Å². The SMILES string of the molecule is Cc1c(Cl)cccc1-n1c(=O)[nH]cc(C(=O)O)c1=O. The van der Waals surface area contributed by atoms with Crippen molar-refractivity contribution in [2.45, 2.75) is 6.92 Å². The summed E-state index contributed by atoms with van der Waals surface area (Å²) in [7, 11) is 0. The van der Waals surface area contributed by atoms with Crippen LogP contribution in [0.25, 0.3) is 5.69 Å². The Balaban J connectivity index is 2.87. The molecule has 2 N–H and O–H groups in total. The van der Waals surface area contributed by atoms with Gasteiger partial charge < -0.3 is 10.1 Å². The zero-order valence-electron chi connectivity index (χ0n) is 9.81. The van der Waals surface area contributed by atoms with Crippen molar-refractivity contribution in [2.24, 2.45) is 0 Å². The molecule has 0 aliphatic rings. The number of carbonyl (C=O) groups is 1. The van der Waals surface area contributed by atoms with Crippen LogP contribution in [0.15, 0.2) is 34.0 Å².